The lowest BCUT2D eigenvalue weighted by Gasteiger charge is -2.13. The van der Waals surface area contributed by atoms with Gasteiger partial charge in [0.05, 0.1) is 0 Å². The van der Waals surface area contributed by atoms with Gasteiger partial charge in [-0.25, -0.2) is 0 Å². The highest BCUT2D eigenvalue weighted by molar-refractivity contribution is 7.07. The predicted octanol–water partition coefficient (Wildman–Crippen LogP) is 3.25. The largest absolute Gasteiger partial charge is 0.350 e. The quantitative estimate of drug-likeness (QED) is 0.865. The Morgan fingerprint density at radius 3 is 2.81 bits per heavy atom. The molecule has 2 aromatic heterocycles. The lowest BCUT2D eigenvalue weighted by molar-refractivity contribution is 0.513. The fourth-order valence-electron chi connectivity index (χ4n) is 1.73. The molecular weight excluding hydrogens is 216 g/mol. The SMILES string of the molecule is CC(C)C(N)c1ccn(Cc2ccsc2)c1. The van der Waals surface area contributed by atoms with E-state index in [0.717, 1.165) is 6.54 Å². The molecule has 2 aromatic rings. The van der Waals surface area contributed by atoms with Crippen molar-refractivity contribution in [3.63, 3.8) is 0 Å². The average molecular weight is 234 g/mol. The Morgan fingerprint density at radius 2 is 2.19 bits per heavy atom. The predicted molar refractivity (Wildman–Crippen MR) is 69.6 cm³/mol. The minimum Gasteiger partial charge on any atom is -0.350 e. The monoisotopic (exact) mass is 234 g/mol. The molecule has 16 heavy (non-hydrogen) atoms. The molecule has 0 saturated heterocycles. The second-order valence-corrected chi connectivity index (χ2v) is 5.30. The van der Waals surface area contributed by atoms with Gasteiger partial charge in [-0.15, -0.1) is 0 Å². The van der Waals surface area contributed by atoms with Crippen molar-refractivity contribution in [3.05, 3.63) is 46.4 Å². The van der Waals surface area contributed by atoms with Crippen molar-refractivity contribution in [2.24, 2.45) is 11.7 Å². The van der Waals surface area contributed by atoms with Crippen molar-refractivity contribution in [1.82, 2.24) is 4.57 Å². The maximum absolute atomic E-state index is 6.11. The van der Waals surface area contributed by atoms with Crippen molar-refractivity contribution in [1.29, 1.82) is 0 Å². The minimum atomic E-state index is 0.142. The Balaban J connectivity index is 2.08. The summed E-state index contributed by atoms with van der Waals surface area (Å²) in [4.78, 5) is 0. The van der Waals surface area contributed by atoms with Gasteiger partial charge < -0.3 is 10.3 Å². The van der Waals surface area contributed by atoms with Crippen LogP contribution in [0.1, 0.15) is 31.0 Å². The van der Waals surface area contributed by atoms with Crippen molar-refractivity contribution in [2.75, 3.05) is 0 Å². The highest BCUT2D eigenvalue weighted by Gasteiger charge is 2.11. The van der Waals surface area contributed by atoms with Crippen LogP contribution in [0.5, 0.6) is 0 Å². The Kier molecular flexibility index (Phi) is 3.46. The van der Waals surface area contributed by atoms with Crippen LogP contribution in [0.4, 0.5) is 0 Å². The maximum atomic E-state index is 6.11. The van der Waals surface area contributed by atoms with Gasteiger partial charge >= 0.3 is 0 Å². The van der Waals surface area contributed by atoms with E-state index in [1.807, 2.05) is 0 Å². The van der Waals surface area contributed by atoms with Gasteiger partial charge in [-0.3, -0.25) is 0 Å². The number of hydrogen-bond donors (Lipinski definition) is 1. The van der Waals surface area contributed by atoms with Crippen LogP contribution in [-0.4, -0.2) is 4.57 Å². The second-order valence-electron chi connectivity index (χ2n) is 4.52. The van der Waals surface area contributed by atoms with Gasteiger partial charge in [-0.1, -0.05) is 13.8 Å². The molecule has 2 rings (SSSR count). The summed E-state index contributed by atoms with van der Waals surface area (Å²) in [6, 6.07) is 4.42. The van der Waals surface area contributed by atoms with Crippen LogP contribution < -0.4 is 5.73 Å². The van der Waals surface area contributed by atoms with E-state index < -0.39 is 0 Å². The summed E-state index contributed by atoms with van der Waals surface area (Å²) in [5.74, 6) is 0.483. The van der Waals surface area contributed by atoms with E-state index in [1.54, 1.807) is 11.3 Å². The van der Waals surface area contributed by atoms with Gasteiger partial charge in [0, 0.05) is 25.0 Å². The fourth-order valence-corrected chi connectivity index (χ4v) is 2.39. The molecule has 0 aliphatic heterocycles. The molecule has 2 N–H and O–H groups in total. The van der Waals surface area contributed by atoms with Crippen LogP contribution in [-0.2, 0) is 6.54 Å². The molecule has 2 nitrogen and oxygen atoms in total. The van der Waals surface area contributed by atoms with Gasteiger partial charge in [0.1, 0.15) is 0 Å². The van der Waals surface area contributed by atoms with E-state index in [9.17, 15) is 0 Å². The third-order valence-electron chi connectivity index (χ3n) is 2.82. The molecule has 0 saturated carbocycles. The van der Waals surface area contributed by atoms with Gasteiger partial charge in [0.15, 0.2) is 0 Å². The van der Waals surface area contributed by atoms with E-state index >= 15 is 0 Å². The van der Waals surface area contributed by atoms with Gasteiger partial charge in [0.2, 0.25) is 0 Å². The highest BCUT2D eigenvalue weighted by Crippen LogP contribution is 2.19. The second kappa shape index (κ2) is 4.85. The first-order valence-electron chi connectivity index (χ1n) is 5.59. The van der Waals surface area contributed by atoms with Crippen LogP contribution in [0.2, 0.25) is 0 Å². The maximum Gasteiger partial charge on any atom is 0.0478 e. The summed E-state index contributed by atoms with van der Waals surface area (Å²) >= 11 is 1.74. The first-order valence-corrected chi connectivity index (χ1v) is 6.53. The van der Waals surface area contributed by atoms with E-state index in [0.29, 0.717) is 5.92 Å². The van der Waals surface area contributed by atoms with Crippen LogP contribution in [0.25, 0.3) is 0 Å². The van der Waals surface area contributed by atoms with Gasteiger partial charge in [-0.05, 0) is 39.9 Å². The zero-order chi connectivity index (χ0) is 11.5. The molecule has 0 bridgehead atoms. The normalized spacial score (nSPS) is 13.2. The minimum absolute atomic E-state index is 0.142. The standard InChI is InChI=1S/C13H18N2S/c1-10(2)13(14)12-3-5-15(8-12)7-11-4-6-16-9-11/h3-6,8-10,13H,7,14H2,1-2H3. The molecule has 0 fully saturated rings. The Hall–Kier alpha value is -1.06. The summed E-state index contributed by atoms with van der Waals surface area (Å²) in [6.45, 7) is 5.25. The Labute approximate surface area is 101 Å². The van der Waals surface area contributed by atoms with E-state index in [-0.39, 0.29) is 6.04 Å². The summed E-state index contributed by atoms with van der Waals surface area (Å²) in [6.07, 6.45) is 4.26. The van der Waals surface area contributed by atoms with Crippen molar-refractivity contribution in [3.8, 4) is 0 Å². The van der Waals surface area contributed by atoms with Crippen LogP contribution in [0.3, 0.4) is 0 Å². The third kappa shape index (κ3) is 2.54. The molecule has 2 heterocycles. The number of rotatable bonds is 4. The average Bonchev–Trinajstić information content (AvgIpc) is 2.88. The summed E-state index contributed by atoms with van der Waals surface area (Å²) in [7, 11) is 0. The van der Waals surface area contributed by atoms with Crippen LogP contribution >= 0.6 is 11.3 Å². The third-order valence-corrected chi connectivity index (χ3v) is 3.55. The first-order chi connectivity index (χ1) is 7.66. The van der Waals surface area contributed by atoms with Crippen LogP contribution in [0.15, 0.2) is 35.3 Å². The lowest BCUT2D eigenvalue weighted by Crippen LogP contribution is -2.15. The number of thiophene rings is 1. The Morgan fingerprint density at radius 1 is 1.38 bits per heavy atom. The molecule has 0 amide bonds. The number of aromatic nitrogens is 1. The molecule has 86 valence electrons. The molecule has 0 aromatic carbocycles. The van der Waals surface area contributed by atoms with Gasteiger partial charge in [0.25, 0.3) is 0 Å². The fraction of sp³-hybridized carbons (Fsp3) is 0.385. The van der Waals surface area contributed by atoms with Crippen molar-refractivity contribution >= 4 is 11.3 Å². The van der Waals surface area contributed by atoms with Crippen molar-refractivity contribution < 1.29 is 0 Å². The smallest absolute Gasteiger partial charge is 0.0478 e. The molecule has 3 heteroatoms. The number of nitrogens with zero attached hydrogens (tertiary/aromatic N) is 1. The van der Waals surface area contributed by atoms with E-state index in [2.05, 4.69) is 53.7 Å². The molecule has 0 spiro atoms. The first kappa shape index (κ1) is 11.4. The van der Waals surface area contributed by atoms with E-state index in [1.165, 1.54) is 11.1 Å². The zero-order valence-corrected chi connectivity index (χ0v) is 10.6. The summed E-state index contributed by atoms with van der Waals surface area (Å²) in [5, 5.41) is 4.29. The molecular formula is C13H18N2S. The highest BCUT2D eigenvalue weighted by atomic mass is 32.1. The molecule has 1 unspecified atom stereocenters. The molecule has 1 atom stereocenters. The van der Waals surface area contributed by atoms with Crippen molar-refractivity contribution in [2.45, 2.75) is 26.4 Å². The van der Waals surface area contributed by atoms with E-state index in [4.69, 9.17) is 5.73 Å². The number of nitrogens with two attached hydrogens (primary N) is 1. The van der Waals surface area contributed by atoms with Gasteiger partial charge in [-0.2, -0.15) is 11.3 Å². The van der Waals surface area contributed by atoms with Crippen LogP contribution in [0, 0.1) is 5.92 Å². The number of hydrogen-bond acceptors (Lipinski definition) is 2. The summed E-state index contributed by atoms with van der Waals surface area (Å²) in [5.41, 5.74) is 8.69. The zero-order valence-electron chi connectivity index (χ0n) is 9.76. The topological polar surface area (TPSA) is 30.9 Å². The molecule has 0 aliphatic carbocycles. The Bertz CT molecular complexity index is 428. The molecule has 0 radical (unpaired) electrons. The lowest BCUT2D eigenvalue weighted by atomic mass is 10.00. The molecule has 0 aliphatic rings. The summed E-state index contributed by atoms with van der Waals surface area (Å²) < 4.78 is 2.19.